The summed E-state index contributed by atoms with van der Waals surface area (Å²) in [5, 5.41) is 0.116. The maximum atomic E-state index is 13.3. The van der Waals surface area contributed by atoms with Gasteiger partial charge in [0, 0.05) is 27.2 Å². The SMILES string of the molecule is O=C1S/C(=C/c2ccc(-c3ccccc3C(F)(F)F)o2)C(=O)N1Cc1c(Cl)cccc1Cl. The molecule has 0 aliphatic carbocycles. The van der Waals surface area contributed by atoms with Gasteiger partial charge in [0.15, 0.2) is 0 Å². The Balaban J connectivity index is 1.60. The van der Waals surface area contributed by atoms with Crippen molar-refractivity contribution in [1.29, 1.82) is 0 Å². The van der Waals surface area contributed by atoms with E-state index in [4.69, 9.17) is 27.6 Å². The van der Waals surface area contributed by atoms with Crippen LogP contribution in [-0.4, -0.2) is 16.0 Å². The molecule has 2 aromatic carbocycles. The van der Waals surface area contributed by atoms with E-state index in [-0.39, 0.29) is 28.5 Å². The topological polar surface area (TPSA) is 50.5 Å². The van der Waals surface area contributed by atoms with Crippen LogP contribution < -0.4 is 0 Å². The summed E-state index contributed by atoms with van der Waals surface area (Å²) in [6.45, 7) is -0.108. The zero-order valence-electron chi connectivity index (χ0n) is 16.0. The molecular formula is C22H12Cl2F3NO3S. The molecule has 3 aromatic rings. The van der Waals surface area contributed by atoms with Crippen LogP contribution in [-0.2, 0) is 17.5 Å². The van der Waals surface area contributed by atoms with Crippen molar-refractivity contribution in [3.8, 4) is 11.3 Å². The summed E-state index contributed by atoms with van der Waals surface area (Å²) in [6.07, 6.45) is -3.23. The fourth-order valence-corrected chi connectivity index (χ4v) is 4.46. The van der Waals surface area contributed by atoms with Crippen LogP contribution in [0.15, 0.2) is 63.9 Å². The largest absolute Gasteiger partial charge is 0.457 e. The third-order valence-corrected chi connectivity index (χ3v) is 6.27. The molecule has 0 saturated carbocycles. The number of amides is 2. The first-order valence-corrected chi connectivity index (χ1v) is 10.7. The van der Waals surface area contributed by atoms with Gasteiger partial charge < -0.3 is 4.42 Å². The highest BCUT2D eigenvalue weighted by Gasteiger charge is 2.36. The predicted molar refractivity (Wildman–Crippen MR) is 117 cm³/mol. The summed E-state index contributed by atoms with van der Waals surface area (Å²) >= 11 is 12.9. The second-order valence-electron chi connectivity index (χ2n) is 6.71. The van der Waals surface area contributed by atoms with Crippen molar-refractivity contribution in [3.63, 3.8) is 0 Å². The lowest BCUT2D eigenvalue weighted by Gasteiger charge is -2.14. The highest BCUT2D eigenvalue weighted by atomic mass is 35.5. The number of carbonyl (C=O) groups is 2. The molecule has 1 aromatic heterocycles. The Morgan fingerprint density at radius 3 is 2.34 bits per heavy atom. The van der Waals surface area contributed by atoms with Gasteiger partial charge >= 0.3 is 6.18 Å². The summed E-state index contributed by atoms with van der Waals surface area (Å²) in [6, 6.07) is 12.7. The van der Waals surface area contributed by atoms with Crippen LogP contribution >= 0.6 is 35.0 Å². The van der Waals surface area contributed by atoms with Crippen LogP contribution in [0.25, 0.3) is 17.4 Å². The number of rotatable bonds is 4. The molecule has 0 radical (unpaired) electrons. The van der Waals surface area contributed by atoms with E-state index in [0.29, 0.717) is 27.4 Å². The first kappa shape index (κ1) is 22.5. The van der Waals surface area contributed by atoms with Crippen LogP contribution in [0.1, 0.15) is 16.9 Å². The Labute approximate surface area is 194 Å². The number of benzene rings is 2. The van der Waals surface area contributed by atoms with Gasteiger partial charge in [0.25, 0.3) is 11.1 Å². The molecule has 0 N–H and O–H groups in total. The van der Waals surface area contributed by atoms with Crippen LogP contribution in [0.4, 0.5) is 18.0 Å². The summed E-state index contributed by atoms with van der Waals surface area (Å²) in [5.41, 5.74) is -0.526. The second-order valence-corrected chi connectivity index (χ2v) is 8.52. The number of thioether (sulfide) groups is 1. The molecule has 4 nitrogen and oxygen atoms in total. The molecular weight excluding hydrogens is 486 g/mol. The lowest BCUT2D eigenvalue weighted by atomic mass is 10.1. The summed E-state index contributed by atoms with van der Waals surface area (Å²) < 4.78 is 45.4. The Bertz CT molecular complexity index is 1230. The van der Waals surface area contributed by atoms with Crippen LogP contribution in [0.3, 0.4) is 0 Å². The number of hydrogen-bond acceptors (Lipinski definition) is 4. The minimum absolute atomic E-state index is 0.00810. The molecule has 10 heteroatoms. The quantitative estimate of drug-likeness (QED) is 0.350. The van der Waals surface area contributed by atoms with Gasteiger partial charge in [-0.25, -0.2) is 0 Å². The fourth-order valence-electron chi connectivity index (χ4n) is 3.13. The Hall–Kier alpha value is -2.68. The maximum Gasteiger partial charge on any atom is 0.417 e. The van der Waals surface area contributed by atoms with Gasteiger partial charge in [0.05, 0.1) is 17.0 Å². The van der Waals surface area contributed by atoms with Gasteiger partial charge in [-0.1, -0.05) is 47.5 Å². The van der Waals surface area contributed by atoms with Gasteiger partial charge in [0.2, 0.25) is 0 Å². The first-order valence-electron chi connectivity index (χ1n) is 9.10. The van der Waals surface area contributed by atoms with Gasteiger partial charge in [-0.3, -0.25) is 14.5 Å². The van der Waals surface area contributed by atoms with Crippen molar-refractivity contribution >= 4 is 52.2 Å². The van der Waals surface area contributed by atoms with E-state index in [1.165, 1.54) is 36.4 Å². The lowest BCUT2D eigenvalue weighted by molar-refractivity contribution is -0.137. The molecule has 0 unspecified atom stereocenters. The molecule has 2 heterocycles. The van der Waals surface area contributed by atoms with E-state index in [0.717, 1.165) is 11.0 Å². The average Bonchev–Trinajstić information content (AvgIpc) is 3.30. The predicted octanol–water partition coefficient (Wildman–Crippen LogP) is 7.51. The van der Waals surface area contributed by atoms with E-state index in [1.54, 1.807) is 18.2 Å². The molecule has 0 spiro atoms. The van der Waals surface area contributed by atoms with E-state index in [2.05, 4.69) is 0 Å². The number of halogens is 5. The molecule has 0 bridgehead atoms. The standard InChI is InChI=1S/C22H12Cl2F3NO3S/c23-16-6-3-7-17(24)14(16)11-28-20(29)19(32-21(28)30)10-12-8-9-18(31-12)13-4-1-2-5-15(13)22(25,26)27/h1-10H,11H2/b19-10+. The number of carbonyl (C=O) groups excluding carboxylic acids is 2. The summed E-state index contributed by atoms with van der Waals surface area (Å²) in [4.78, 5) is 26.2. The number of nitrogens with zero attached hydrogens (tertiary/aromatic N) is 1. The van der Waals surface area contributed by atoms with Gasteiger partial charge in [-0.05, 0) is 42.1 Å². The third kappa shape index (κ3) is 4.44. The summed E-state index contributed by atoms with van der Waals surface area (Å²) in [5.74, 6) is -0.450. The average molecular weight is 498 g/mol. The number of hydrogen-bond donors (Lipinski definition) is 0. The molecule has 1 saturated heterocycles. The second kappa shape index (κ2) is 8.69. The molecule has 32 heavy (non-hydrogen) atoms. The Kier molecular flexibility index (Phi) is 6.11. The smallest absolute Gasteiger partial charge is 0.417 e. The zero-order chi connectivity index (χ0) is 23.0. The molecule has 4 rings (SSSR count). The molecule has 2 amide bonds. The number of imide groups is 1. The molecule has 0 atom stereocenters. The van der Waals surface area contributed by atoms with Gasteiger partial charge in [0.1, 0.15) is 11.5 Å². The van der Waals surface area contributed by atoms with E-state index in [1.807, 2.05) is 0 Å². The third-order valence-electron chi connectivity index (χ3n) is 4.65. The van der Waals surface area contributed by atoms with Gasteiger partial charge in [-0.15, -0.1) is 0 Å². The van der Waals surface area contributed by atoms with Crippen molar-refractivity contribution < 1.29 is 27.2 Å². The highest BCUT2D eigenvalue weighted by molar-refractivity contribution is 8.18. The maximum absolute atomic E-state index is 13.3. The zero-order valence-corrected chi connectivity index (χ0v) is 18.3. The van der Waals surface area contributed by atoms with Crippen LogP contribution in [0.5, 0.6) is 0 Å². The molecule has 1 aliphatic heterocycles. The Morgan fingerprint density at radius 1 is 0.969 bits per heavy atom. The van der Waals surface area contributed by atoms with Gasteiger partial charge in [-0.2, -0.15) is 13.2 Å². The van der Waals surface area contributed by atoms with Crippen molar-refractivity contribution in [3.05, 3.63) is 86.4 Å². The fraction of sp³-hybridized carbons (Fsp3) is 0.0909. The van der Waals surface area contributed by atoms with Crippen molar-refractivity contribution in [2.24, 2.45) is 0 Å². The van der Waals surface area contributed by atoms with Crippen LogP contribution in [0.2, 0.25) is 10.0 Å². The lowest BCUT2D eigenvalue weighted by Crippen LogP contribution is -2.27. The van der Waals surface area contributed by atoms with Crippen LogP contribution in [0, 0.1) is 0 Å². The molecule has 164 valence electrons. The van der Waals surface area contributed by atoms with E-state index >= 15 is 0 Å². The van der Waals surface area contributed by atoms with E-state index < -0.39 is 22.9 Å². The number of alkyl halides is 3. The molecule has 1 fully saturated rings. The van der Waals surface area contributed by atoms with Crippen molar-refractivity contribution in [2.75, 3.05) is 0 Å². The first-order chi connectivity index (χ1) is 15.1. The minimum atomic E-state index is -4.55. The summed E-state index contributed by atoms with van der Waals surface area (Å²) in [7, 11) is 0. The van der Waals surface area contributed by atoms with Crippen molar-refractivity contribution in [2.45, 2.75) is 12.7 Å². The highest BCUT2D eigenvalue weighted by Crippen LogP contribution is 2.39. The monoisotopic (exact) mass is 497 g/mol. The number of furan rings is 1. The van der Waals surface area contributed by atoms with Crippen molar-refractivity contribution in [1.82, 2.24) is 4.90 Å². The molecule has 1 aliphatic rings. The van der Waals surface area contributed by atoms with E-state index in [9.17, 15) is 22.8 Å². The minimum Gasteiger partial charge on any atom is -0.457 e. The Morgan fingerprint density at radius 2 is 1.66 bits per heavy atom. The normalized spacial score (nSPS) is 15.8.